The van der Waals surface area contributed by atoms with Crippen LogP contribution in [0.5, 0.6) is 5.75 Å². The summed E-state index contributed by atoms with van der Waals surface area (Å²) in [5.74, 6) is -0.953. The Morgan fingerprint density at radius 2 is 1.45 bits per heavy atom. The van der Waals surface area contributed by atoms with Gasteiger partial charge >= 0.3 is 5.97 Å². The van der Waals surface area contributed by atoms with Crippen LogP contribution in [0.3, 0.4) is 0 Å². The van der Waals surface area contributed by atoms with Gasteiger partial charge in [0, 0.05) is 17.2 Å². The maximum Gasteiger partial charge on any atom is 0.328 e. The smallest absolute Gasteiger partial charge is 0.328 e. The molecule has 1 N–H and O–H groups in total. The molecule has 0 aliphatic rings. The molecule has 0 aromatic heterocycles. The largest absolute Gasteiger partial charge is 0.478 e. The maximum atomic E-state index is 12.5. The molecule has 22 heavy (non-hydrogen) atoms. The van der Waals surface area contributed by atoms with Crippen LogP contribution in [0.25, 0.3) is 6.08 Å². The van der Waals surface area contributed by atoms with E-state index in [-0.39, 0.29) is 5.75 Å². The van der Waals surface area contributed by atoms with Crippen molar-refractivity contribution in [1.82, 2.24) is 0 Å². The zero-order chi connectivity index (χ0) is 16.7. The van der Waals surface area contributed by atoms with Crippen LogP contribution >= 0.6 is 0 Å². The van der Waals surface area contributed by atoms with Crippen molar-refractivity contribution in [2.45, 2.75) is 40.5 Å². The lowest BCUT2D eigenvalue weighted by atomic mass is 9.98. The summed E-state index contributed by atoms with van der Waals surface area (Å²) in [6.07, 6.45) is 7.77. The van der Waals surface area contributed by atoms with E-state index in [4.69, 9.17) is 5.11 Å². The van der Waals surface area contributed by atoms with Crippen molar-refractivity contribution in [3.8, 4) is 5.75 Å². The van der Waals surface area contributed by atoms with Crippen LogP contribution in [0.15, 0.2) is 41.5 Å². The molecule has 0 aliphatic heterocycles. The first-order valence-electron chi connectivity index (χ1n) is 7.30. The lowest BCUT2D eigenvalue weighted by molar-refractivity contribution is -0.131. The van der Waals surface area contributed by atoms with Crippen molar-refractivity contribution in [3.63, 3.8) is 0 Å². The van der Waals surface area contributed by atoms with Crippen molar-refractivity contribution in [1.29, 1.82) is 0 Å². The highest BCUT2D eigenvalue weighted by Gasteiger charge is 2.10. The van der Waals surface area contributed by atoms with Crippen LogP contribution in [0.2, 0.25) is 0 Å². The molecule has 0 spiro atoms. The fraction of sp³-hybridized carbons (Fsp3) is 0.316. The lowest BCUT2D eigenvalue weighted by Crippen LogP contribution is -1.93. The first-order chi connectivity index (χ1) is 10.3. The number of hydrogen-bond donors (Lipinski definition) is 1. The minimum absolute atomic E-state index is 0.0440. The van der Waals surface area contributed by atoms with E-state index in [0.717, 1.165) is 22.8 Å². The van der Waals surface area contributed by atoms with Gasteiger partial charge < -0.3 is 5.11 Å². The summed E-state index contributed by atoms with van der Waals surface area (Å²) < 4.78 is 0. The molecule has 0 saturated heterocycles. The Kier molecular flexibility index (Phi) is 6.64. The summed E-state index contributed by atoms with van der Waals surface area (Å²) in [4.78, 5) is 10.7. The Labute approximate surface area is 132 Å². The molecule has 0 aliphatic carbocycles. The van der Waals surface area contributed by atoms with Crippen LogP contribution in [-0.4, -0.2) is 11.1 Å². The highest BCUT2D eigenvalue weighted by Crippen LogP contribution is 2.28. The van der Waals surface area contributed by atoms with Gasteiger partial charge in [0.25, 0.3) is 0 Å². The van der Waals surface area contributed by atoms with Crippen LogP contribution in [0.4, 0.5) is 0 Å². The average molecular weight is 299 g/mol. The summed E-state index contributed by atoms with van der Waals surface area (Å²) in [5.41, 5.74) is 4.45. The first-order valence-corrected chi connectivity index (χ1v) is 7.30. The van der Waals surface area contributed by atoms with Gasteiger partial charge in [0.05, 0.1) is 0 Å². The summed E-state index contributed by atoms with van der Waals surface area (Å²) in [7, 11) is 0. The van der Waals surface area contributed by atoms with E-state index in [1.807, 2.05) is 39.8 Å². The van der Waals surface area contributed by atoms with Crippen LogP contribution in [-0.2, 0) is 22.7 Å². The summed E-state index contributed by atoms with van der Waals surface area (Å²) in [5, 5.41) is 21.2. The highest BCUT2D eigenvalue weighted by atomic mass is 16.4. The molecule has 0 amide bonds. The van der Waals surface area contributed by atoms with Gasteiger partial charge in [0.1, 0.15) is 0 Å². The van der Waals surface area contributed by atoms with Crippen molar-refractivity contribution in [2.24, 2.45) is 0 Å². The topological polar surface area (TPSA) is 57.2 Å². The van der Waals surface area contributed by atoms with Gasteiger partial charge in [-0.3, -0.25) is 5.11 Å². The fourth-order valence-electron chi connectivity index (χ4n) is 1.98. The Morgan fingerprint density at radius 1 is 1.00 bits per heavy atom. The van der Waals surface area contributed by atoms with Gasteiger partial charge in [0.2, 0.25) is 0 Å². The Morgan fingerprint density at radius 3 is 1.82 bits per heavy atom. The van der Waals surface area contributed by atoms with Gasteiger partial charge in [-0.2, -0.15) is 0 Å². The SMILES string of the molecule is CC(C)=CCc1cc(/C=C/C(=O)O)cc(CC=C(C)C)c1[O]. The molecule has 1 radical (unpaired) electrons. The van der Waals surface area contributed by atoms with Crippen molar-refractivity contribution >= 4 is 12.0 Å². The molecule has 1 rings (SSSR count). The van der Waals surface area contributed by atoms with E-state index in [2.05, 4.69) is 0 Å². The number of benzene rings is 1. The number of allylic oxidation sites excluding steroid dienone is 4. The third-order valence-corrected chi connectivity index (χ3v) is 3.14. The number of carboxylic acids is 1. The average Bonchev–Trinajstić information content (AvgIpc) is 2.42. The Hall–Kier alpha value is -2.29. The van der Waals surface area contributed by atoms with Gasteiger partial charge in [0.15, 0.2) is 5.75 Å². The summed E-state index contributed by atoms with van der Waals surface area (Å²) in [6.45, 7) is 7.96. The second-order valence-corrected chi connectivity index (χ2v) is 5.81. The van der Waals surface area contributed by atoms with E-state index in [0.29, 0.717) is 24.0 Å². The summed E-state index contributed by atoms with van der Waals surface area (Å²) in [6, 6.07) is 3.54. The monoisotopic (exact) mass is 299 g/mol. The third-order valence-electron chi connectivity index (χ3n) is 3.14. The van der Waals surface area contributed by atoms with Gasteiger partial charge in [-0.25, -0.2) is 4.79 Å². The van der Waals surface area contributed by atoms with Gasteiger partial charge in [-0.15, -0.1) is 0 Å². The van der Waals surface area contributed by atoms with Crippen molar-refractivity contribution in [2.75, 3.05) is 0 Å². The minimum atomic E-state index is -0.997. The molecule has 1 aromatic rings. The molecule has 0 atom stereocenters. The predicted molar refractivity (Wildman–Crippen MR) is 89.5 cm³/mol. The number of carbonyl (C=O) groups is 1. The van der Waals surface area contributed by atoms with Crippen molar-refractivity contribution < 1.29 is 15.0 Å². The lowest BCUT2D eigenvalue weighted by Gasteiger charge is -2.08. The fourth-order valence-corrected chi connectivity index (χ4v) is 1.98. The molecule has 3 nitrogen and oxygen atoms in total. The van der Waals surface area contributed by atoms with Crippen molar-refractivity contribution in [3.05, 3.63) is 58.2 Å². The minimum Gasteiger partial charge on any atom is -0.478 e. The zero-order valence-electron chi connectivity index (χ0n) is 13.6. The standard InChI is InChI=1S/C19H23O3/c1-13(2)5-8-16-11-15(7-10-18(20)21)12-17(19(16)22)9-6-14(3)4/h5-7,10-12H,8-9H2,1-4H3,(H,20,21)/b10-7+. The number of carboxylic acid groups (broad SMARTS) is 1. The van der Waals surface area contributed by atoms with Crippen LogP contribution in [0, 0.1) is 0 Å². The van der Waals surface area contributed by atoms with E-state index in [9.17, 15) is 9.90 Å². The second-order valence-electron chi connectivity index (χ2n) is 5.81. The van der Waals surface area contributed by atoms with Crippen LogP contribution in [0.1, 0.15) is 44.4 Å². The van der Waals surface area contributed by atoms with E-state index in [1.54, 1.807) is 12.1 Å². The van der Waals surface area contributed by atoms with Gasteiger partial charge in [-0.05, 0) is 64.3 Å². The molecular formula is C19H23O3. The molecule has 3 heteroatoms. The molecule has 1 aromatic carbocycles. The number of hydrogen-bond acceptors (Lipinski definition) is 1. The third kappa shape index (κ3) is 6.00. The van der Waals surface area contributed by atoms with E-state index >= 15 is 0 Å². The first kappa shape index (κ1) is 17.8. The van der Waals surface area contributed by atoms with Crippen LogP contribution < -0.4 is 0 Å². The normalized spacial score (nSPS) is 10.5. The zero-order valence-corrected chi connectivity index (χ0v) is 13.6. The Balaban J connectivity index is 3.26. The second kappa shape index (κ2) is 8.23. The molecule has 0 bridgehead atoms. The number of rotatable bonds is 6. The highest BCUT2D eigenvalue weighted by molar-refractivity contribution is 5.85. The molecule has 117 valence electrons. The summed E-state index contributed by atoms with van der Waals surface area (Å²) >= 11 is 0. The van der Waals surface area contributed by atoms with E-state index in [1.165, 1.54) is 6.08 Å². The molecule has 0 fully saturated rings. The van der Waals surface area contributed by atoms with Gasteiger partial charge in [-0.1, -0.05) is 23.3 Å². The molecular weight excluding hydrogens is 276 g/mol. The predicted octanol–water partition coefficient (Wildman–Crippen LogP) is 4.95. The Bertz CT molecular complexity index is 585. The number of aliphatic carboxylic acids is 1. The molecule has 0 unspecified atom stereocenters. The molecule has 0 saturated carbocycles. The quantitative estimate of drug-likeness (QED) is 0.597. The van der Waals surface area contributed by atoms with E-state index < -0.39 is 5.97 Å². The maximum absolute atomic E-state index is 12.5. The molecule has 0 heterocycles.